The van der Waals surface area contributed by atoms with Gasteiger partial charge in [-0.1, -0.05) is 6.07 Å². The van der Waals surface area contributed by atoms with E-state index in [1.54, 1.807) is 0 Å². The molecule has 2 rings (SSSR count). The molecule has 126 valence electrons. The smallest absolute Gasteiger partial charge is 0.416 e. The zero-order valence-electron chi connectivity index (χ0n) is 11.9. The van der Waals surface area contributed by atoms with E-state index < -0.39 is 36.3 Å². The van der Waals surface area contributed by atoms with E-state index in [1.165, 1.54) is 6.07 Å². The summed E-state index contributed by atoms with van der Waals surface area (Å²) < 4.78 is 47.8. The van der Waals surface area contributed by atoms with Gasteiger partial charge in [0.25, 0.3) is 5.91 Å². The highest BCUT2D eigenvalue weighted by Crippen LogP contribution is 2.31. The summed E-state index contributed by atoms with van der Waals surface area (Å²) in [4.78, 5) is 24.2. The Bertz CT molecular complexity index is 590. The summed E-state index contributed by atoms with van der Waals surface area (Å²) in [5, 5.41) is 9.03. The first-order valence-electron chi connectivity index (χ1n) is 6.69. The molecule has 1 aromatic carbocycles. The highest BCUT2D eigenvalue weighted by atomic mass is 19.4. The molecular formula is C14H14F3NO5. The van der Waals surface area contributed by atoms with E-state index in [9.17, 15) is 22.8 Å². The molecule has 0 bridgehead atoms. The van der Waals surface area contributed by atoms with Gasteiger partial charge in [-0.2, -0.15) is 13.2 Å². The van der Waals surface area contributed by atoms with E-state index >= 15 is 0 Å². The van der Waals surface area contributed by atoms with E-state index in [0.29, 0.717) is 0 Å². The van der Waals surface area contributed by atoms with Crippen molar-refractivity contribution in [2.45, 2.75) is 12.2 Å². The van der Waals surface area contributed by atoms with Crippen LogP contribution in [-0.4, -0.2) is 54.3 Å². The van der Waals surface area contributed by atoms with E-state index in [0.717, 1.165) is 23.1 Å². The number of aliphatic carboxylic acids is 1. The number of nitrogens with zero attached hydrogens (tertiary/aromatic N) is 1. The second-order valence-corrected chi connectivity index (χ2v) is 4.83. The summed E-state index contributed by atoms with van der Waals surface area (Å²) >= 11 is 0. The zero-order valence-corrected chi connectivity index (χ0v) is 11.9. The molecule has 1 unspecified atom stereocenters. The lowest BCUT2D eigenvalue weighted by atomic mass is 10.2. The molecule has 1 heterocycles. The summed E-state index contributed by atoms with van der Waals surface area (Å²) in [5.41, 5.74) is -0.891. The minimum Gasteiger partial charge on any atom is -0.484 e. The molecule has 1 aliphatic rings. The Labute approximate surface area is 129 Å². The Morgan fingerprint density at radius 1 is 1.39 bits per heavy atom. The Kier molecular flexibility index (Phi) is 5.09. The number of rotatable bonds is 4. The molecule has 23 heavy (non-hydrogen) atoms. The third kappa shape index (κ3) is 4.35. The number of morpholine rings is 1. The molecular weight excluding hydrogens is 319 g/mol. The van der Waals surface area contributed by atoms with Crippen LogP contribution >= 0.6 is 0 Å². The number of halogens is 3. The van der Waals surface area contributed by atoms with Gasteiger partial charge in [-0.25, -0.2) is 4.79 Å². The van der Waals surface area contributed by atoms with Crippen LogP contribution < -0.4 is 4.74 Å². The van der Waals surface area contributed by atoms with Crippen LogP contribution in [0.1, 0.15) is 5.56 Å². The van der Waals surface area contributed by atoms with E-state index in [2.05, 4.69) is 0 Å². The van der Waals surface area contributed by atoms with Crippen molar-refractivity contribution in [2.75, 3.05) is 26.4 Å². The van der Waals surface area contributed by atoms with Gasteiger partial charge in [0.05, 0.1) is 18.8 Å². The summed E-state index contributed by atoms with van der Waals surface area (Å²) in [5.74, 6) is -1.96. The maximum Gasteiger partial charge on any atom is 0.416 e. The monoisotopic (exact) mass is 333 g/mol. The van der Waals surface area contributed by atoms with Crippen molar-refractivity contribution in [3.05, 3.63) is 29.8 Å². The Morgan fingerprint density at radius 3 is 2.78 bits per heavy atom. The van der Waals surface area contributed by atoms with Crippen molar-refractivity contribution in [1.29, 1.82) is 0 Å². The van der Waals surface area contributed by atoms with Gasteiger partial charge < -0.3 is 19.5 Å². The lowest BCUT2D eigenvalue weighted by Gasteiger charge is -2.32. The van der Waals surface area contributed by atoms with Gasteiger partial charge in [0.15, 0.2) is 12.6 Å². The largest absolute Gasteiger partial charge is 0.484 e. The van der Waals surface area contributed by atoms with Crippen LogP contribution in [0.3, 0.4) is 0 Å². The van der Waals surface area contributed by atoms with Gasteiger partial charge >= 0.3 is 12.1 Å². The van der Waals surface area contributed by atoms with E-state index in [1.807, 2.05) is 0 Å². The molecule has 0 aromatic heterocycles. The van der Waals surface area contributed by atoms with Gasteiger partial charge in [-0.3, -0.25) is 4.79 Å². The lowest BCUT2D eigenvalue weighted by Crippen LogP contribution is -2.53. The van der Waals surface area contributed by atoms with Gasteiger partial charge in [0, 0.05) is 6.54 Å². The molecule has 1 aliphatic heterocycles. The standard InChI is InChI=1S/C14H14F3NO5/c15-14(16,17)9-2-1-3-10(6-9)23-8-12(19)18-4-5-22-7-11(18)13(20)21/h1-3,6,11H,4-5,7-8H2,(H,20,21). The first-order chi connectivity index (χ1) is 10.8. The van der Waals surface area contributed by atoms with Crippen LogP contribution in [0.15, 0.2) is 24.3 Å². The predicted octanol–water partition coefficient (Wildman–Crippen LogP) is 1.40. The number of hydrogen-bond donors (Lipinski definition) is 1. The Balaban J connectivity index is 2.00. The number of carboxylic acid groups (broad SMARTS) is 1. The normalized spacial score (nSPS) is 18.6. The molecule has 1 aromatic rings. The molecule has 1 amide bonds. The topological polar surface area (TPSA) is 76.1 Å². The number of ether oxygens (including phenoxy) is 2. The number of hydrogen-bond acceptors (Lipinski definition) is 4. The molecule has 0 spiro atoms. The fourth-order valence-electron chi connectivity index (χ4n) is 2.10. The van der Waals surface area contributed by atoms with Crippen LogP contribution in [0.4, 0.5) is 13.2 Å². The second-order valence-electron chi connectivity index (χ2n) is 4.83. The van der Waals surface area contributed by atoms with Crippen LogP contribution in [0, 0.1) is 0 Å². The van der Waals surface area contributed by atoms with Crippen molar-refractivity contribution < 1.29 is 37.3 Å². The molecule has 1 saturated heterocycles. The molecule has 0 radical (unpaired) electrons. The average Bonchev–Trinajstić information content (AvgIpc) is 2.52. The molecule has 1 N–H and O–H groups in total. The van der Waals surface area contributed by atoms with Crippen molar-refractivity contribution in [2.24, 2.45) is 0 Å². The van der Waals surface area contributed by atoms with Crippen molar-refractivity contribution in [3.63, 3.8) is 0 Å². The fourth-order valence-corrected chi connectivity index (χ4v) is 2.10. The first-order valence-corrected chi connectivity index (χ1v) is 6.69. The first kappa shape index (κ1) is 17.1. The fraction of sp³-hybridized carbons (Fsp3) is 0.429. The Hall–Kier alpha value is -2.29. The summed E-state index contributed by atoms with van der Waals surface area (Å²) in [6.45, 7) is -0.406. The number of carboxylic acids is 1. The average molecular weight is 333 g/mol. The van der Waals surface area contributed by atoms with Crippen LogP contribution in [0.5, 0.6) is 5.75 Å². The number of carbonyl (C=O) groups is 2. The third-order valence-corrected chi connectivity index (χ3v) is 3.26. The van der Waals surface area contributed by atoms with Gasteiger partial charge in [-0.05, 0) is 18.2 Å². The minimum absolute atomic E-state index is 0.0851. The van der Waals surface area contributed by atoms with E-state index in [4.69, 9.17) is 14.6 Å². The van der Waals surface area contributed by atoms with Crippen molar-refractivity contribution >= 4 is 11.9 Å². The third-order valence-electron chi connectivity index (χ3n) is 3.26. The molecule has 9 heteroatoms. The number of carbonyl (C=O) groups excluding carboxylic acids is 1. The molecule has 1 fully saturated rings. The number of amides is 1. The van der Waals surface area contributed by atoms with Crippen molar-refractivity contribution in [1.82, 2.24) is 4.90 Å². The van der Waals surface area contributed by atoms with E-state index in [-0.39, 0.29) is 25.5 Å². The van der Waals surface area contributed by atoms with Crippen LogP contribution in [-0.2, 0) is 20.5 Å². The highest BCUT2D eigenvalue weighted by molar-refractivity contribution is 5.84. The molecule has 6 nitrogen and oxygen atoms in total. The quantitative estimate of drug-likeness (QED) is 0.901. The highest BCUT2D eigenvalue weighted by Gasteiger charge is 2.33. The molecule has 0 aliphatic carbocycles. The summed E-state index contributed by atoms with van der Waals surface area (Å²) in [6, 6.07) is 2.99. The molecule has 1 atom stereocenters. The van der Waals surface area contributed by atoms with Crippen LogP contribution in [0.2, 0.25) is 0 Å². The SMILES string of the molecule is O=C(O)C1COCCN1C(=O)COc1cccc(C(F)(F)F)c1. The van der Waals surface area contributed by atoms with Crippen LogP contribution in [0.25, 0.3) is 0 Å². The second kappa shape index (κ2) is 6.86. The lowest BCUT2D eigenvalue weighted by molar-refractivity contribution is -0.159. The van der Waals surface area contributed by atoms with Crippen molar-refractivity contribution in [3.8, 4) is 5.75 Å². The summed E-state index contributed by atoms with van der Waals surface area (Å²) in [7, 11) is 0. The maximum absolute atomic E-state index is 12.6. The van der Waals surface area contributed by atoms with Gasteiger partial charge in [-0.15, -0.1) is 0 Å². The number of alkyl halides is 3. The minimum atomic E-state index is -4.51. The maximum atomic E-state index is 12.6. The number of benzene rings is 1. The van der Waals surface area contributed by atoms with Gasteiger partial charge in [0.2, 0.25) is 0 Å². The Morgan fingerprint density at radius 2 is 2.13 bits per heavy atom. The molecule has 0 saturated carbocycles. The summed E-state index contributed by atoms with van der Waals surface area (Å²) in [6.07, 6.45) is -4.51. The predicted molar refractivity (Wildman–Crippen MR) is 70.9 cm³/mol. The van der Waals surface area contributed by atoms with Gasteiger partial charge in [0.1, 0.15) is 5.75 Å². The zero-order chi connectivity index (χ0) is 17.0.